The third-order valence-electron chi connectivity index (χ3n) is 6.34. The third kappa shape index (κ3) is 4.32. The topological polar surface area (TPSA) is 88.2 Å². The quantitative estimate of drug-likeness (QED) is 0.630. The number of carbonyl (C=O) groups is 3. The van der Waals surface area contributed by atoms with E-state index >= 15 is 0 Å². The van der Waals surface area contributed by atoms with Gasteiger partial charge in [0, 0.05) is 25.7 Å². The molecule has 1 fully saturated rings. The van der Waals surface area contributed by atoms with Crippen LogP contribution in [0.3, 0.4) is 0 Å². The maximum atomic E-state index is 13.5. The summed E-state index contributed by atoms with van der Waals surface area (Å²) in [6.45, 7) is 6.00. The summed E-state index contributed by atoms with van der Waals surface area (Å²) < 4.78 is 10.6. The van der Waals surface area contributed by atoms with E-state index in [4.69, 9.17) is 9.47 Å². The van der Waals surface area contributed by atoms with E-state index in [1.54, 1.807) is 30.3 Å². The lowest BCUT2D eigenvalue weighted by Gasteiger charge is -2.34. The number of amides is 3. The number of fused-ring (bicyclic) bond motifs is 1. The van der Waals surface area contributed by atoms with Gasteiger partial charge in [0.2, 0.25) is 5.91 Å². The number of nitrogens with one attached hydrogen (secondary N) is 1. The van der Waals surface area contributed by atoms with Gasteiger partial charge in [-0.05, 0) is 43.0 Å². The van der Waals surface area contributed by atoms with Crippen molar-refractivity contribution < 1.29 is 23.9 Å². The maximum absolute atomic E-state index is 13.5. The van der Waals surface area contributed by atoms with Crippen LogP contribution in [-0.4, -0.2) is 51.6 Å². The van der Waals surface area contributed by atoms with Gasteiger partial charge in [0.25, 0.3) is 11.8 Å². The van der Waals surface area contributed by atoms with Gasteiger partial charge >= 0.3 is 0 Å². The van der Waals surface area contributed by atoms with E-state index < -0.39 is 0 Å². The fourth-order valence-electron chi connectivity index (χ4n) is 4.59. The summed E-state index contributed by atoms with van der Waals surface area (Å²) >= 11 is 0. The van der Waals surface area contributed by atoms with Gasteiger partial charge in [0.05, 0.1) is 42.6 Å². The Morgan fingerprint density at radius 1 is 1.09 bits per heavy atom. The summed E-state index contributed by atoms with van der Waals surface area (Å²) in [5.74, 6) is 0.457. The van der Waals surface area contributed by atoms with Crippen LogP contribution in [0.4, 0.5) is 11.4 Å². The summed E-state index contributed by atoms with van der Waals surface area (Å²) in [6.07, 6.45) is 1.64. The molecule has 8 heteroatoms. The van der Waals surface area contributed by atoms with E-state index in [1.165, 1.54) is 19.1 Å². The van der Waals surface area contributed by atoms with Crippen LogP contribution < -0.4 is 24.6 Å². The Kier molecular flexibility index (Phi) is 6.77. The zero-order valence-electron chi connectivity index (χ0n) is 20.1. The van der Waals surface area contributed by atoms with Gasteiger partial charge in [-0.3, -0.25) is 14.4 Å². The second-order valence-electron chi connectivity index (χ2n) is 9.11. The Balaban J connectivity index is 1.62. The fourth-order valence-corrected chi connectivity index (χ4v) is 4.59. The number of methoxy groups -OCH3 is 2. The smallest absolute Gasteiger partial charge is 0.268 e. The number of ether oxygens (including phenoxy) is 2. The molecule has 2 aromatic rings. The van der Waals surface area contributed by atoms with Crippen LogP contribution in [0.25, 0.3) is 0 Å². The van der Waals surface area contributed by atoms with Crippen molar-refractivity contribution in [3.8, 4) is 11.5 Å². The van der Waals surface area contributed by atoms with Crippen LogP contribution in [0.2, 0.25) is 0 Å². The number of benzene rings is 2. The van der Waals surface area contributed by atoms with E-state index in [2.05, 4.69) is 24.1 Å². The molecule has 1 N–H and O–H groups in total. The molecule has 2 heterocycles. The Hall–Kier alpha value is -3.55. The normalized spacial score (nSPS) is 17.7. The number of imide groups is 1. The number of anilines is 2. The molecule has 2 aliphatic rings. The summed E-state index contributed by atoms with van der Waals surface area (Å²) in [6, 6.07) is 10.3. The zero-order chi connectivity index (χ0) is 24.4. The predicted molar refractivity (Wildman–Crippen MR) is 130 cm³/mol. The van der Waals surface area contributed by atoms with Crippen molar-refractivity contribution in [2.45, 2.75) is 26.7 Å². The first-order chi connectivity index (χ1) is 16.3. The molecule has 2 aliphatic heterocycles. The molecule has 4 rings (SSSR count). The SMILES string of the molecule is COc1ccc(N2C(=O)c3cccc(N4CCC[C@H](C(=O)NCC(C)C)C4)c3C2=O)cc1OC. The fraction of sp³-hybridized carbons (Fsp3) is 0.423. The van der Waals surface area contributed by atoms with Crippen LogP contribution in [0.5, 0.6) is 11.5 Å². The zero-order valence-corrected chi connectivity index (χ0v) is 20.1. The number of carbonyl (C=O) groups excluding carboxylic acids is 3. The minimum absolute atomic E-state index is 0.0420. The van der Waals surface area contributed by atoms with Gasteiger partial charge in [-0.15, -0.1) is 0 Å². The molecular formula is C26H31N3O5. The summed E-state index contributed by atoms with van der Waals surface area (Å²) in [5, 5.41) is 3.02. The Morgan fingerprint density at radius 2 is 1.85 bits per heavy atom. The Bertz CT molecular complexity index is 1110. The second kappa shape index (κ2) is 9.75. The van der Waals surface area contributed by atoms with Crippen LogP contribution >= 0.6 is 0 Å². The van der Waals surface area contributed by atoms with Gasteiger partial charge in [-0.2, -0.15) is 0 Å². The van der Waals surface area contributed by atoms with Gasteiger partial charge in [0.1, 0.15) is 0 Å². The lowest BCUT2D eigenvalue weighted by atomic mass is 9.95. The van der Waals surface area contributed by atoms with Crippen LogP contribution in [0.15, 0.2) is 36.4 Å². The minimum Gasteiger partial charge on any atom is -0.493 e. The molecule has 0 aromatic heterocycles. The molecular weight excluding hydrogens is 434 g/mol. The van der Waals surface area contributed by atoms with E-state index in [-0.39, 0.29) is 23.6 Å². The number of rotatable bonds is 7. The third-order valence-corrected chi connectivity index (χ3v) is 6.34. The predicted octanol–water partition coefficient (Wildman–Crippen LogP) is 3.49. The van der Waals surface area contributed by atoms with Crippen LogP contribution in [0.1, 0.15) is 47.4 Å². The molecule has 180 valence electrons. The molecule has 2 aromatic carbocycles. The molecule has 34 heavy (non-hydrogen) atoms. The molecule has 0 spiro atoms. The summed E-state index contributed by atoms with van der Waals surface area (Å²) in [7, 11) is 3.03. The van der Waals surface area contributed by atoms with E-state index in [9.17, 15) is 14.4 Å². The maximum Gasteiger partial charge on any atom is 0.268 e. The van der Waals surface area contributed by atoms with Crippen LogP contribution in [0, 0.1) is 11.8 Å². The average molecular weight is 466 g/mol. The molecule has 0 bridgehead atoms. The van der Waals surface area contributed by atoms with E-state index in [1.807, 2.05) is 6.07 Å². The number of nitrogens with zero attached hydrogens (tertiary/aromatic N) is 2. The number of piperidine rings is 1. The number of hydrogen-bond donors (Lipinski definition) is 1. The molecule has 0 saturated carbocycles. The largest absolute Gasteiger partial charge is 0.493 e. The first kappa shape index (κ1) is 23.6. The Labute approximate surface area is 199 Å². The van der Waals surface area contributed by atoms with Crippen molar-refractivity contribution >= 4 is 29.1 Å². The van der Waals surface area contributed by atoms with E-state index in [0.717, 1.165) is 19.4 Å². The minimum atomic E-state index is -0.380. The monoisotopic (exact) mass is 465 g/mol. The summed E-state index contributed by atoms with van der Waals surface area (Å²) in [4.78, 5) is 42.7. The Morgan fingerprint density at radius 3 is 2.56 bits per heavy atom. The van der Waals surface area contributed by atoms with Gasteiger partial charge in [-0.1, -0.05) is 19.9 Å². The van der Waals surface area contributed by atoms with Crippen molar-refractivity contribution in [1.29, 1.82) is 0 Å². The molecule has 0 radical (unpaired) electrons. The van der Waals surface area contributed by atoms with Crippen molar-refractivity contribution in [1.82, 2.24) is 5.32 Å². The molecule has 0 aliphatic carbocycles. The van der Waals surface area contributed by atoms with Crippen molar-refractivity contribution in [2.24, 2.45) is 11.8 Å². The lowest BCUT2D eigenvalue weighted by Crippen LogP contribution is -2.44. The lowest BCUT2D eigenvalue weighted by molar-refractivity contribution is -0.125. The standard InChI is InChI=1S/C26H31N3O5/c1-16(2)14-27-24(30)17-7-6-12-28(15-17)20-9-5-8-19-23(20)26(32)29(25(19)31)18-10-11-21(33-3)22(13-18)34-4/h5,8-11,13,16-17H,6-7,12,14-15H2,1-4H3,(H,27,30)/t17-/m0/s1. The molecule has 1 saturated heterocycles. The first-order valence-corrected chi connectivity index (χ1v) is 11.6. The van der Waals surface area contributed by atoms with E-state index in [0.29, 0.717) is 53.0 Å². The molecule has 1 atom stereocenters. The highest BCUT2D eigenvalue weighted by molar-refractivity contribution is 6.36. The van der Waals surface area contributed by atoms with Gasteiger partial charge in [-0.25, -0.2) is 4.90 Å². The highest BCUT2D eigenvalue weighted by atomic mass is 16.5. The molecule has 8 nitrogen and oxygen atoms in total. The molecule has 0 unspecified atom stereocenters. The van der Waals surface area contributed by atoms with Crippen molar-refractivity contribution in [3.05, 3.63) is 47.5 Å². The number of hydrogen-bond acceptors (Lipinski definition) is 6. The van der Waals surface area contributed by atoms with Crippen LogP contribution in [-0.2, 0) is 4.79 Å². The van der Waals surface area contributed by atoms with Crippen molar-refractivity contribution in [3.63, 3.8) is 0 Å². The van der Waals surface area contributed by atoms with Crippen molar-refractivity contribution in [2.75, 3.05) is 43.7 Å². The molecule has 3 amide bonds. The second-order valence-corrected chi connectivity index (χ2v) is 9.11. The summed E-state index contributed by atoms with van der Waals surface area (Å²) in [5.41, 5.74) is 1.86. The highest BCUT2D eigenvalue weighted by Gasteiger charge is 2.40. The first-order valence-electron chi connectivity index (χ1n) is 11.6. The highest BCUT2D eigenvalue weighted by Crippen LogP contribution is 2.38. The van der Waals surface area contributed by atoms with Gasteiger partial charge in [0.15, 0.2) is 11.5 Å². The van der Waals surface area contributed by atoms with Gasteiger partial charge < -0.3 is 19.7 Å². The average Bonchev–Trinajstić information content (AvgIpc) is 3.12.